The Balaban J connectivity index is 1.85. The van der Waals surface area contributed by atoms with Crippen molar-refractivity contribution in [2.24, 2.45) is 0 Å². The molecule has 1 aromatic heterocycles. The van der Waals surface area contributed by atoms with Crippen molar-refractivity contribution in [1.82, 2.24) is 20.5 Å². The second kappa shape index (κ2) is 5.25. The SMILES string of the molecule is Cc1cccc(C(=O)NCCc2ncn[nH]2)c1. The van der Waals surface area contributed by atoms with Crippen LogP contribution < -0.4 is 5.32 Å². The second-order valence-corrected chi connectivity index (χ2v) is 3.81. The summed E-state index contributed by atoms with van der Waals surface area (Å²) in [5.41, 5.74) is 1.76. The summed E-state index contributed by atoms with van der Waals surface area (Å²) >= 11 is 0. The summed E-state index contributed by atoms with van der Waals surface area (Å²) in [7, 11) is 0. The van der Waals surface area contributed by atoms with Crippen LogP contribution in [-0.2, 0) is 6.42 Å². The lowest BCUT2D eigenvalue weighted by atomic mass is 10.1. The lowest BCUT2D eigenvalue weighted by Crippen LogP contribution is -2.25. The number of rotatable bonds is 4. The molecular formula is C12H14N4O. The normalized spacial score (nSPS) is 10.2. The van der Waals surface area contributed by atoms with Crippen LogP contribution in [0.15, 0.2) is 30.6 Å². The minimum atomic E-state index is -0.0618. The third kappa shape index (κ3) is 3.14. The van der Waals surface area contributed by atoms with E-state index in [4.69, 9.17) is 0 Å². The van der Waals surface area contributed by atoms with E-state index in [9.17, 15) is 4.79 Å². The summed E-state index contributed by atoms with van der Waals surface area (Å²) in [6, 6.07) is 7.51. The van der Waals surface area contributed by atoms with Gasteiger partial charge in [-0.25, -0.2) is 4.98 Å². The van der Waals surface area contributed by atoms with Crippen LogP contribution in [0.25, 0.3) is 0 Å². The molecule has 1 heterocycles. The third-order valence-electron chi connectivity index (χ3n) is 2.39. The highest BCUT2D eigenvalue weighted by Gasteiger charge is 2.04. The maximum Gasteiger partial charge on any atom is 0.251 e. The highest BCUT2D eigenvalue weighted by atomic mass is 16.1. The highest BCUT2D eigenvalue weighted by molar-refractivity contribution is 5.94. The number of hydrogen-bond donors (Lipinski definition) is 2. The molecule has 0 unspecified atom stereocenters. The van der Waals surface area contributed by atoms with Crippen molar-refractivity contribution in [2.45, 2.75) is 13.3 Å². The fraction of sp³-hybridized carbons (Fsp3) is 0.250. The number of nitrogens with one attached hydrogen (secondary N) is 2. The predicted molar refractivity (Wildman–Crippen MR) is 63.6 cm³/mol. The van der Waals surface area contributed by atoms with Crippen LogP contribution in [0.4, 0.5) is 0 Å². The van der Waals surface area contributed by atoms with E-state index in [0.717, 1.165) is 11.4 Å². The summed E-state index contributed by atoms with van der Waals surface area (Å²) in [6.07, 6.45) is 2.11. The molecule has 2 aromatic rings. The quantitative estimate of drug-likeness (QED) is 0.825. The number of carbonyl (C=O) groups excluding carboxylic acids is 1. The average Bonchev–Trinajstić information content (AvgIpc) is 2.82. The van der Waals surface area contributed by atoms with Gasteiger partial charge in [0, 0.05) is 18.5 Å². The summed E-state index contributed by atoms with van der Waals surface area (Å²) < 4.78 is 0. The molecule has 0 bridgehead atoms. The molecule has 1 aromatic carbocycles. The molecule has 0 saturated carbocycles. The van der Waals surface area contributed by atoms with Crippen LogP contribution in [-0.4, -0.2) is 27.6 Å². The molecule has 0 aliphatic heterocycles. The van der Waals surface area contributed by atoms with E-state index in [2.05, 4.69) is 20.5 Å². The summed E-state index contributed by atoms with van der Waals surface area (Å²) in [5, 5.41) is 9.33. The van der Waals surface area contributed by atoms with Gasteiger partial charge in [0.2, 0.25) is 0 Å². The first kappa shape index (κ1) is 11.3. The van der Waals surface area contributed by atoms with Crippen molar-refractivity contribution in [1.29, 1.82) is 0 Å². The first-order valence-electron chi connectivity index (χ1n) is 5.45. The van der Waals surface area contributed by atoms with Crippen molar-refractivity contribution >= 4 is 5.91 Å². The molecule has 2 rings (SSSR count). The van der Waals surface area contributed by atoms with Gasteiger partial charge in [-0.15, -0.1) is 0 Å². The van der Waals surface area contributed by atoms with Crippen molar-refractivity contribution in [3.63, 3.8) is 0 Å². The van der Waals surface area contributed by atoms with E-state index < -0.39 is 0 Å². The van der Waals surface area contributed by atoms with Gasteiger partial charge in [-0.2, -0.15) is 5.10 Å². The Hall–Kier alpha value is -2.17. The summed E-state index contributed by atoms with van der Waals surface area (Å²) in [6.45, 7) is 2.51. The van der Waals surface area contributed by atoms with Gasteiger partial charge in [-0.05, 0) is 19.1 Å². The van der Waals surface area contributed by atoms with Gasteiger partial charge >= 0.3 is 0 Å². The average molecular weight is 230 g/mol. The Labute approximate surface area is 99.3 Å². The monoisotopic (exact) mass is 230 g/mol. The molecule has 0 saturated heterocycles. The number of amides is 1. The number of aromatic amines is 1. The molecule has 1 amide bonds. The number of H-pyrrole nitrogens is 1. The molecule has 0 aliphatic rings. The minimum absolute atomic E-state index is 0.0618. The molecule has 5 nitrogen and oxygen atoms in total. The molecule has 88 valence electrons. The van der Waals surface area contributed by atoms with Crippen molar-refractivity contribution < 1.29 is 4.79 Å². The molecule has 0 fully saturated rings. The third-order valence-corrected chi connectivity index (χ3v) is 2.39. The predicted octanol–water partition coefficient (Wildman–Crippen LogP) is 1.09. The Morgan fingerprint density at radius 3 is 3.06 bits per heavy atom. The van der Waals surface area contributed by atoms with Crippen LogP contribution in [0.1, 0.15) is 21.7 Å². The Morgan fingerprint density at radius 1 is 1.47 bits per heavy atom. The number of aromatic nitrogens is 3. The zero-order chi connectivity index (χ0) is 12.1. The molecule has 17 heavy (non-hydrogen) atoms. The Morgan fingerprint density at radius 2 is 2.35 bits per heavy atom. The number of aryl methyl sites for hydroxylation is 1. The maximum absolute atomic E-state index is 11.8. The molecule has 0 atom stereocenters. The minimum Gasteiger partial charge on any atom is -0.352 e. The lowest BCUT2D eigenvalue weighted by molar-refractivity contribution is 0.0954. The molecular weight excluding hydrogens is 216 g/mol. The van der Waals surface area contributed by atoms with Crippen LogP contribution >= 0.6 is 0 Å². The Bertz CT molecular complexity index is 493. The number of benzene rings is 1. The summed E-state index contributed by atoms with van der Waals surface area (Å²) in [4.78, 5) is 15.8. The van der Waals surface area contributed by atoms with Gasteiger partial charge < -0.3 is 5.32 Å². The topological polar surface area (TPSA) is 70.7 Å². The fourth-order valence-electron chi connectivity index (χ4n) is 1.53. The zero-order valence-corrected chi connectivity index (χ0v) is 9.60. The van der Waals surface area contributed by atoms with Crippen LogP contribution in [0, 0.1) is 6.92 Å². The van der Waals surface area contributed by atoms with E-state index in [1.165, 1.54) is 6.33 Å². The number of carbonyl (C=O) groups is 1. The maximum atomic E-state index is 11.8. The first-order chi connectivity index (χ1) is 8.25. The fourth-order valence-corrected chi connectivity index (χ4v) is 1.53. The van der Waals surface area contributed by atoms with Crippen LogP contribution in [0.2, 0.25) is 0 Å². The van der Waals surface area contributed by atoms with Gasteiger partial charge in [0.15, 0.2) is 0 Å². The number of nitrogens with zero attached hydrogens (tertiary/aromatic N) is 2. The molecule has 0 aliphatic carbocycles. The molecule has 2 N–H and O–H groups in total. The van der Waals surface area contributed by atoms with Gasteiger partial charge in [0.25, 0.3) is 5.91 Å². The van der Waals surface area contributed by atoms with E-state index in [-0.39, 0.29) is 5.91 Å². The van der Waals surface area contributed by atoms with Crippen molar-refractivity contribution in [2.75, 3.05) is 6.54 Å². The first-order valence-corrected chi connectivity index (χ1v) is 5.45. The van der Waals surface area contributed by atoms with Gasteiger partial charge in [-0.1, -0.05) is 17.7 Å². The van der Waals surface area contributed by atoms with E-state index in [0.29, 0.717) is 18.5 Å². The largest absolute Gasteiger partial charge is 0.352 e. The molecule has 0 radical (unpaired) electrons. The summed E-state index contributed by atoms with van der Waals surface area (Å²) in [5.74, 6) is 0.711. The van der Waals surface area contributed by atoms with Crippen molar-refractivity contribution in [3.8, 4) is 0 Å². The standard InChI is InChI=1S/C12H14N4O/c1-9-3-2-4-10(7-9)12(17)13-6-5-11-14-8-15-16-11/h2-4,7-8H,5-6H2,1H3,(H,13,17)(H,14,15,16). The van der Waals surface area contributed by atoms with Gasteiger partial charge in [0.05, 0.1) is 0 Å². The molecule has 5 heteroatoms. The molecule has 0 spiro atoms. The van der Waals surface area contributed by atoms with Crippen molar-refractivity contribution in [3.05, 3.63) is 47.5 Å². The number of hydrogen-bond acceptors (Lipinski definition) is 3. The highest BCUT2D eigenvalue weighted by Crippen LogP contribution is 2.03. The zero-order valence-electron chi connectivity index (χ0n) is 9.60. The van der Waals surface area contributed by atoms with Crippen LogP contribution in [0.3, 0.4) is 0 Å². The van der Waals surface area contributed by atoms with E-state index >= 15 is 0 Å². The van der Waals surface area contributed by atoms with E-state index in [1.54, 1.807) is 6.07 Å². The van der Waals surface area contributed by atoms with Gasteiger partial charge in [0.1, 0.15) is 12.2 Å². The Kier molecular flexibility index (Phi) is 3.49. The van der Waals surface area contributed by atoms with Gasteiger partial charge in [-0.3, -0.25) is 9.89 Å². The second-order valence-electron chi connectivity index (χ2n) is 3.81. The lowest BCUT2D eigenvalue weighted by Gasteiger charge is -2.04. The van der Waals surface area contributed by atoms with E-state index in [1.807, 2.05) is 25.1 Å². The smallest absolute Gasteiger partial charge is 0.251 e. The van der Waals surface area contributed by atoms with Crippen LogP contribution in [0.5, 0.6) is 0 Å².